The second kappa shape index (κ2) is 8.92. The zero-order valence-corrected chi connectivity index (χ0v) is 15.2. The number of aryl methyl sites for hydroxylation is 1. The molecule has 3 atom stereocenters. The number of aliphatic hydroxyl groups is 1. The van der Waals surface area contributed by atoms with Crippen molar-refractivity contribution in [2.75, 3.05) is 6.54 Å². The fourth-order valence-electron chi connectivity index (χ4n) is 2.71. The van der Waals surface area contributed by atoms with Crippen LogP contribution in [0.15, 0.2) is 18.2 Å². The molecule has 1 amide bonds. The molecule has 0 heterocycles. The van der Waals surface area contributed by atoms with Gasteiger partial charge in [0, 0.05) is 6.54 Å². The van der Waals surface area contributed by atoms with Crippen molar-refractivity contribution in [1.29, 1.82) is 0 Å². The third kappa shape index (κ3) is 6.61. The van der Waals surface area contributed by atoms with E-state index in [1.807, 2.05) is 19.1 Å². The van der Waals surface area contributed by atoms with E-state index in [0.717, 1.165) is 0 Å². The number of amides is 1. The van der Waals surface area contributed by atoms with Crippen LogP contribution in [-0.4, -0.2) is 29.8 Å². The van der Waals surface area contributed by atoms with Crippen molar-refractivity contribution in [3.8, 4) is 5.75 Å². The van der Waals surface area contributed by atoms with Crippen LogP contribution in [0.1, 0.15) is 58.1 Å². The van der Waals surface area contributed by atoms with Crippen LogP contribution in [0, 0.1) is 12.8 Å². The van der Waals surface area contributed by atoms with Gasteiger partial charge in [-0.25, -0.2) is 0 Å². The molecule has 1 aromatic rings. The van der Waals surface area contributed by atoms with Crippen LogP contribution in [0.4, 0.5) is 0 Å². The normalized spacial score (nSPS) is 15.1. The van der Waals surface area contributed by atoms with Crippen LogP contribution in [0.3, 0.4) is 0 Å². The zero-order chi connectivity index (χ0) is 17.6. The number of hydrogen-bond donors (Lipinski definition) is 2. The average molecular weight is 321 g/mol. The van der Waals surface area contributed by atoms with E-state index in [0.29, 0.717) is 24.6 Å². The summed E-state index contributed by atoms with van der Waals surface area (Å²) in [7, 11) is 0. The molecule has 1 aromatic carbocycles. The highest BCUT2D eigenvalue weighted by atomic mass is 16.5. The van der Waals surface area contributed by atoms with Gasteiger partial charge in [-0.3, -0.25) is 4.79 Å². The number of aliphatic hydroxyl groups excluding tert-OH is 1. The molecule has 0 saturated heterocycles. The highest BCUT2D eigenvalue weighted by Crippen LogP contribution is 2.24. The monoisotopic (exact) mass is 321 g/mol. The minimum absolute atomic E-state index is 0.131. The van der Waals surface area contributed by atoms with Gasteiger partial charge in [0.05, 0.1) is 6.10 Å². The summed E-state index contributed by atoms with van der Waals surface area (Å²) in [6, 6.07) is 5.96. The maximum absolute atomic E-state index is 12.1. The Labute approximate surface area is 140 Å². The van der Waals surface area contributed by atoms with Crippen molar-refractivity contribution in [2.24, 2.45) is 5.92 Å². The lowest BCUT2D eigenvalue weighted by atomic mass is 9.98. The quantitative estimate of drug-likeness (QED) is 0.771. The largest absolute Gasteiger partial charge is 0.481 e. The molecular weight excluding hydrogens is 290 g/mol. The van der Waals surface area contributed by atoms with Gasteiger partial charge in [0.25, 0.3) is 5.91 Å². The van der Waals surface area contributed by atoms with Crippen LogP contribution >= 0.6 is 0 Å². The zero-order valence-electron chi connectivity index (χ0n) is 15.2. The predicted molar refractivity (Wildman–Crippen MR) is 93.8 cm³/mol. The maximum Gasteiger partial charge on any atom is 0.260 e. The predicted octanol–water partition coefficient (Wildman–Crippen LogP) is 3.41. The van der Waals surface area contributed by atoms with Gasteiger partial charge in [0.2, 0.25) is 0 Å². The molecule has 23 heavy (non-hydrogen) atoms. The first kappa shape index (κ1) is 19.5. The fourth-order valence-corrected chi connectivity index (χ4v) is 2.71. The Bertz CT molecular complexity index is 511. The lowest BCUT2D eigenvalue weighted by Crippen LogP contribution is -2.38. The summed E-state index contributed by atoms with van der Waals surface area (Å²) in [6.45, 7) is 12.4. The van der Waals surface area contributed by atoms with Crippen molar-refractivity contribution in [1.82, 2.24) is 5.32 Å². The molecule has 4 heteroatoms. The van der Waals surface area contributed by atoms with Crippen molar-refractivity contribution >= 4 is 5.91 Å². The van der Waals surface area contributed by atoms with E-state index in [4.69, 9.17) is 4.74 Å². The van der Waals surface area contributed by atoms with E-state index in [1.165, 1.54) is 11.1 Å². The molecule has 0 spiro atoms. The number of hydrogen-bond acceptors (Lipinski definition) is 3. The first-order valence-corrected chi connectivity index (χ1v) is 8.43. The van der Waals surface area contributed by atoms with Crippen LogP contribution in [0.25, 0.3) is 0 Å². The minimum Gasteiger partial charge on any atom is -0.481 e. The molecule has 4 nitrogen and oxygen atoms in total. The number of nitrogens with one attached hydrogen (secondary N) is 1. The van der Waals surface area contributed by atoms with Gasteiger partial charge < -0.3 is 15.2 Å². The van der Waals surface area contributed by atoms with E-state index >= 15 is 0 Å². The molecule has 0 bridgehead atoms. The third-order valence-corrected chi connectivity index (χ3v) is 3.91. The molecule has 3 unspecified atom stereocenters. The molecule has 0 radical (unpaired) electrons. The smallest absolute Gasteiger partial charge is 0.260 e. The van der Waals surface area contributed by atoms with Gasteiger partial charge in [0.1, 0.15) is 5.75 Å². The first-order chi connectivity index (χ1) is 10.7. The van der Waals surface area contributed by atoms with Gasteiger partial charge in [-0.1, -0.05) is 26.8 Å². The van der Waals surface area contributed by atoms with Crippen molar-refractivity contribution in [3.05, 3.63) is 29.3 Å². The second-order valence-corrected chi connectivity index (χ2v) is 6.87. The van der Waals surface area contributed by atoms with Gasteiger partial charge >= 0.3 is 0 Å². The van der Waals surface area contributed by atoms with E-state index in [-0.39, 0.29) is 17.9 Å². The second-order valence-electron chi connectivity index (χ2n) is 6.87. The molecule has 130 valence electrons. The highest BCUT2D eigenvalue weighted by molar-refractivity contribution is 5.80. The topological polar surface area (TPSA) is 58.6 Å². The minimum atomic E-state index is -0.543. The van der Waals surface area contributed by atoms with Crippen LogP contribution < -0.4 is 10.1 Å². The summed E-state index contributed by atoms with van der Waals surface area (Å²) in [5.41, 5.74) is 2.47. The molecule has 1 rings (SSSR count). The standard InChI is InChI=1S/C19H31NO3/c1-12(2)18-8-7-17(10-14(18)4)23-16(6)19(22)20-11-13(3)9-15(5)21/h7-8,10,12-13,15-16,21H,9,11H2,1-6H3,(H,20,22). The van der Waals surface area contributed by atoms with Gasteiger partial charge in [-0.2, -0.15) is 0 Å². The molecule has 0 aliphatic heterocycles. The summed E-state index contributed by atoms with van der Waals surface area (Å²) in [4.78, 5) is 12.1. The number of benzene rings is 1. The molecule has 0 aliphatic carbocycles. The Kier molecular flexibility index (Phi) is 7.56. The summed E-state index contributed by atoms with van der Waals surface area (Å²) in [6.07, 6.45) is -0.221. The van der Waals surface area contributed by atoms with Gasteiger partial charge in [0.15, 0.2) is 6.10 Å². The Hall–Kier alpha value is -1.55. The molecular formula is C19H31NO3. The SMILES string of the molecule is Cc1cc(OC(C)C(=O)NCC(C)CC(C)O)ccc1C(C)C. The van der Waals surface area contributed by atoms with Crippen LogP contribution in [-0.2, 0) is 4.79 Å². The summed E-state index contributed by atoms with van der Waals surface area (Å²) in [5.74, 6) is 1.29. The summed E-state index contributed by atoms with van der Waals surface area (Å²) >= 11 is 0. The van der Waals surface area contributed by atoms with Gasteiger partial charge in [-0.15, -0.1) is 0 Å². The first-order valence-electron chi connectivity index (χ1n) is 8.43. The highest BCUT2D eigenvalue weighted by Gasteiger charge is 2.16. The Morgan fingerprint density at radius 3 is 2.39 bits per heavy atom. The number of ether oxygens (including phenoxy) is 1. The molecule has 0 fully saturated rings. The maximum atomic E-state index is 12.1. The summed E-state index contributed by atoms with van der Waals surface area (Å²) in [5, 5.41) is 12.2. The molecule has 0 saturated carbocycles. The van der Waals surface area contributed by atoms with E-state index in [9.17, 15) is 9.90 Å². The summed E-state index contributed by atoms with van der Waals surface area (Å²) < 4.78 is 5.74. The average Bonchev–Trinajstić information content (AvgIpc) is 2.43. The van der Waals surface area contributed by atoms with Crippen molar-refractivity contribution in [3.63, 3.8) is 0 Å². The van der Waals surface area contributed by atoms with Crippen molar-refractivity contribution < 1.29 is 14.6 Å². The lowest BCUT2D eigenvalue weighted by Gasteiger charge is -2.19. The molecule has 2 N–H and O–H groups in total. The van der Waals surface area contributed by atoms with Crippen LogP contribution in [0.5, 0.6) is 5.75 Å². The van der Waals surface area contributed by atoms with E-state index < -0.39 is 6.10 Å². The third-order valence-electron chi connectivity index (χ3n) is 3.91. The number of rotatable bonds is 8. The van der Waals surface area contributed by atoms with Crippen molar-refractivity contribution in [2.45, 2.75) is 66.1 Å². The number of carbonyl (C=O) groups is 1. The Morgan fingerprint density at radius 1 is 1.22 bits per heavy atom. The van der Waals surface area contributed by atoms with Gasteiger partial charge in [-0.05, 0) is 62.3 Å². The van der Waals surface area contributed by atoms with Crippen LogP contribution in [0.2, 0.25) is 0 Å². The molecule has 0 aromatic heterocycles. The van der Waals surface area contributed by atoms with E-state index in [1.54, 1.807) is 13.8 Å². The lowest BCUT2D eigenvalue weighted by molar-refractivity contribution is -0.127. The Morgan fingerprint density at radius 2 is 1.87 bits per heavy atom. The molecule has 0 aliphatic rings. The number of carbonyl (C=O) groups excluding carboxylic acids is 1. The van der Waals surface area contributed by atoms with E-state index in [2.05, 4.69) is 32.2 Å². The Balaban J connectivity index is 2.53. The fraction of sp³-hybridized carbons (Fsp3) is 0.632.